The lowest BCUT2D eigenvalue weighted by Gasteiger charge is -2.29. The Morgan fingerprint density at radius 2 is 2.04 bits per heavy atom. The number of aliphatic hydroxyl groups excluding tert-OH is 1. The first-order chi connectivity index (χ1) is 10.9. The van der Waals surface area contributed by atoms with E-state index in [2.05, 4.69) is 15.9 Å². The van der Waals surface area contributed by atoms with Gasteiger partial charge in [0, 0.05) is 24.7 Å². The quantitative estimate of drug-likeness (QED) is 0.882. The van der Waals surface area contributed by atoms with Gasteiger partial charge in [0.15, 0.2) is 4.67 Å². The number of carbonyl (C=O) groups is 1. The van der Waals surface area contributed by atoms with Crippen LogP contribution in [-0.2, 0) is 0 Å². The lowest BCUT2D eigenvalue weighted by atomic mass is 10.1. The highest BCUT2D eigenvalue weighted by atomic mass is 79.9. The lowest BCUT2D eigenvalue weighted by molar-refractivity contribution is 0.0546. The minimum Gasteiger partial charge on any atom is -0.490 e. The summed E-state index contributed by atoms with van der Waals surface area (Å²) >= 11 is 3.32. The van der Waals surface area contributed by atoms with Gasteiger partial charge in [-0.2, -0.15) is 0 Å². The summed E-state index contributed by atoms with van der Waals surface area (Å²) in [5.41, 5.74) is 1.17. The van der Waals surface area contributed by atoms with Crippen molar-refractivity contribution >= 4 is 32.8 Å². The SMILES string of the molecule is CC(C)Oc1cc(C(=O)N2CCC(O)CC2)cc2oc(Br)cc12. The first kappa shape index (κ1) is 16.3. The number of likely N-dealkylation sites (tertiary alicyclic amines) is 1. The van der Waals surface area contributed by atoms with Gasteiger partial charge in [-0.15, -0.1) is 0 Å². The summed E-state index contributed by atoms with van der Waals surface area (Å²) in [5, 5.41) is 10.4. The van der Waals surface area contributed by atoms with Crippen LogP contribution in [-0.4, -0.2) is 41.2 Å². The fourth-order valence-electron chi connectivity index (χ4n) is 2.80. The zero-order chi connectivity index (χ0) is 16.6. The monoisotopic (exact) mass is 381 g/mol. The second-order valence-corrected chi connectivity index (χ2v) is 6.91. The molecule has 6 heteroatoms. The zero-order valence-electron chi connectivity index (χ0n) is 13.2. The molecule has 0 bridgehead atoms. The standard InChI is InChI=1S/C17H20BrNO4/c1-10(2)22-14-7-11(8-15-13(14)9-16(18)23-15)17(21)19-5-3-12(20)4-6-19/h7-10,12,20H,3-6H2,1-2H3. The van der Waals surface area contributed by atoms with Crippen molar-refractivity contribution in [2.24, 2.45) is 0 Å². The van der Waals surface area contributed by atoms with Crippen LogP contribution in [0.2, 0.25) is 0 Å². The summed E-state index contributed by atoms with van der Waals surface area (Å²) in [6.45, 7) is 5.03. The second-order valence-electron chi connectivity index (χ2n) is 6.13. The summed E-state index contributed by atoms with van der Waals surface area (Å²) in [5.74, 6) is 0.590. The molecule has 23 heavy (non-hydrogen) atoms. The molecule has 124 valence electrons. The number of benzene rings is 1. The van der Waals surface area contributed by atoms with Crippen LogP contribution in [0.4, 0.5) is 0 Å². The molecule has 2 aromatic rings. The highest BCUT2D eigenvalue weighted by molar-refractivity contribution is 9.10. The summed E-state index contributed by atoms with van der Waals surface area (Å²) in [6, 6.07) is 5.37. The minimum absolute atomic E-state index is 0.00219. The predicted molar refractivity (Wildman–Crippen MR) is 90.8 cm³/mol. The van der Waals surface area contributed by atoms with E-state index in [4.69, 9.17) is 9.15 Å². The third kappa shape index (κ3) is 3.53. The molecule has 0 unspecified atom stereocenters. The number of hydrogen-bond acceptors (Lipinski definition) is 4. The Bertz CT molecular complexity index is 717. The molecule has 5 nitrogen and oxygen atoms in total. The minimum atomic E-state index is -0.303. The molecule has 1 aromatic carbocycles. The highest BCUT2D eigenvalue weighted by Gasteiger charge is 2.24. The highest BCUT2D eigenvalue weighted by Crippen LogP contribution is 2.34. The molecule has 1 aromatic heterocycles. The molecule has 1 aliphatic rings. The van der Waals surface area contributed by atoms with Crippen LogP contribution in [0, 0.1) is 0 Å². The van der Waals surface area contributed by atoms with Gasteiger partial charge in [0.2, 0.25) is 0 Å². The van der Waals surface area contributed by atoms with Crippen LogP contribution in [0.3, 0.4) is 0 Å². The Morgan fingerprint density at radius 1 is 1.35 bits per heavy atom. The topological polar surface area (TPSA) is 62.9 Å². The number of ether oxygens (including phenoxy) is 1. The predicted octanol–water partition coefficient (Wildman–Crippen LogP) is 3.58. The molecular formula is C17H20BrNO4. The molecular weight excluding hydrogens is 362 g/mol. The summed E-state index contributed by atoms with van der Waals surface area (Å²) in [7, 11) is 0. The van der Waals surface area contributed by atoms with Crippen molar-refractivity contribution < 1.29 is 19.1 Å². The Labute approximate surface area is 143 Å². The third-order valence-electron chi connectivity index (χ3n) is 3.93. The van der Waals surface area contributed by atoms with E-state index in [1.54, 1.807) is 17.0 Å². The van der Waals surface area contributed by atoms with Gasteiger partial charge in [0.25, 0.3) is 5.91 Å². The number of rotatable bonds is 3. The number of halogens is 1. The summed E-state index contributed by atoms with van der Waals surface area (Å²) in [6.07, 6.45) is 0.940. The van der Waals surface area contributed by atoms with Crippen LogP contribution in [0.1, 0.15) is 37.0 Å². The molecule has 1 fully saturated rings. The van der Waals surface area contributed by atoms with Gasteiger partial charge in [0.1, 0.15) is 11.3 Å². The van der Waals surface area contributed by atoms with Crippen LogP contribution >= 0.6 is 15.9 Å². The van der Waals surface area contributed by atoms with E-state index in [1.165, 1.54) is 0 Å². The van der Waals surface area contributed by atoms with Gasteiger partial charge in [-0.05, 0) is 54.8 Å². The Hall–Kier alpha value is -1.53. The smallest absolute Gasteiger partial charge is 0.254 e. The van der Waals surface area contributed by atoms with E-state index in [-0.39, 0.29) is 18.1 Å². The van der Waals surface area contributed by atoms with Crippen molar-refractivity contribution in [3.8, 4) is 5.75 Å². The molecule has 3 rings (SSSR count). The molecule has 1 N–H and O–H groups in total. The van der Waals surface area contributed by atoms with E-state index in [9.17, 15) is 9.90 Å². The maximum atomic E-state index is 12.7. The maximum Gasteiger partial charge on any atom is 0.254 e. The number of amides is 1. The normalized spacial score (nSPS) is 16.3. The van der Waals surface area contributed by atoms with Gasteiger partial charge >= 0.3 is 0 Å². The molecule has 0 radical (unpaired) electrons. The van der Waals surface area contributed by atoms with Gasteiger partial charge < -0.3 is 19.2 Å². The zero-order valence-corrected chi connectivity index (χ0v) is 14.8. The molecule has 1 saturated heterocycles. The van der Waals surface area contributed by atoms with Gasteiger partial charge in [-0.25, -0.2) is 0 Å². The number of nitrogens with zero attached hydrogens (tertiary/aromatic N) is 1. The van der Waals surface area contributed by atoms with Crippen LogP contribution in [0.25, 0.3) is 11.0 Å². The lowest BCUT2D eigenvalue weighted by Crippen LogP contribution is -2.40. The van der Waals surface area contributed by atoms with E-state index >= 15 is 0 Å². The van der Waals surface area contributed by atoms with Gasteiger partial charge in [0.05, 0.1) is 17.6 Å². The van der Waals surface area contributed by atoms with E-state index < -0.39 is 0 Å². The van der Waals surface area contributed by atoms with Gasteiger partial charge in [-0.1, -0.05) is 0 Å². The first-order valence-corrected chi connectivity index (χ1v) is 8.60. The van der Waals surface area contributed by atoms with Crippen molar-refractivity contribution in [2.45, 2.75) is 38.9 Å². The Morgan fingerprint density at radius 3 is 2.70 bits per heavy atom. The molecule has 0 spiro atoms. The molecule has 1 aliphatic heterocycles. The van der Waals surface area contributed by atoms with Gasteiger partial charge in [-0.3, -0.25) is 4.79 Å². The fourth-order valence-corrected chi connectivity index (χ4v) is 3.21. The fraction of sp³-hybridized carbons (Fsp3) is 0.471. The molecule has 0 saturated carbocycles. The van der Waals surface area contributed by atoms with Crippen molar-refractivity contribution in [1.29, 1.82) is 0 Å². The van der Waals surface area contributed by atoms with Crippen molar-refractivity contribution in [3.05, 3.63) is 28.4 Å². The molecule has 0 aliphatic carbocycles. The molecule has 2 heterocycles. The van der Waals surface area contributed by atoms with Crippen molar-refractivity contribution in [2.75, 3.05) is 13.1 Å². The Kier molecular flexibility index (Phi) is 4.64. The van der Waals surface area contributed by atoms with Crippen LogP contribution < -0.4 is 4.74 Å². The summed E-state index contributed by atoms with van der Waals surface area (Å²) < 4.78 is 12.1. The number of carbonyl (C=O) groups excluding carboxylic acids is 1. The average Bonchev–Trinajstić information content (AvgIpc) is 2.87. The number of aliphatic hydroxyl groups is 1. The number of piperidine rings is 1. The first-order valence-electron chi connectivity index (χ1n) is 7.81. The van der Waals surface area contributed by atoms with Crippen LogP contribution in [0.15, 0.2) is 27.3 Å². The second kappa shape index (κ2) is 6.53. The largest absolute Gasteiger partial charge is 0.490 e. The number of furan rings is 1. The van der Waals surface area contributed by atoms with Crippen molar-refractivity contribution in [1.82, 2.24) is 4.90 Å². The average molecular weight is 382 g/mol. The third-order valence-corrected chi connectivity index (χ3v) is 4.32. The number of hydrogen-bond donors (Lipinski definition) is 1. The Balaban J connectivity index is 1.95. The molecule has 0 atom stereocenters. The number of fused-ring (bicyclic) bond motifs is 1. The maximum absolute atomic E-state index is 12.7. The van der Waals surface area contributed by atoms with Crippen LogP contribution in [0.5, 0.6) is 5.75 Å². The van der Waals surface area contributed by atoms with E-state index in [1.807, 2.05) is 19.9 Å². The summed E-state index contributed by atoms with van der Waals surface area (Å²) in [4.78, 5) is 14.5. The molecule has 1 amide bonds. The van der Waals surface area contributed by atoms with E-state index in [0.29, 0.717) is 47.5 Å². The van der Waals surface area contributed by atoms with E-state index in [0.717, 1.165) is 5.39 Å². The van der Waals surface area contributed by atoms with Crippen molar-refractivity contribution in [3.63, 3.8) is 0 Å².